The fraction of sp³-hybridized carbons (Fsp3) is 0.294. The predicted octanol–water partition coefficient (Wildman–Crippen LogP) is 3.85. The molecule has 3 rings (SSSR count). The van der Waals surface area contributed by atoms with Crippen molar-refractivity contribution in [3.05, 3.63) is 44.6 Å². The first-order valence-electron chi connectivity index (χ1n) is 7.86. The van der Waals surface area contributed by atoms with Crippen LogP contribution in [0.3, 0.4) is 0 Å². The summed E-state index contributed by atoms with van der Waals surface area (Å²) in [4.78, 5) is 21.4. The van der Waals surface area contributed by atoms with Gasteiger partial charge in [0.15, 0.2) is 5.13 Å². The van der Waals surface area contributed by atoms with Crippen molar-refractivity contribution >= 4 is 67.1 Å². The Morgan fingerprint density at radius 3 is 2.68 bits per heavy atom. The molecule has 0 aliphatic heterocycles. The second-order valence-corrected chi connectivity index (χ2v) is 9.14. The Kier molecular flexibility index (Phi) is 5.96. The van der Waals surface area contributed by atoms with Gasteiger partial charge in [-0.05, 0) is 30.3 Å². The summed E-state index contributed by atoms with van der Waals surface area (Å²) in [6.07, 6.45) is 0.893. The van der Waals surface area contributed by atoms with Gasteiger partial charge in [0, 0.05) is 18.0 Å². The molecule has 0 saturated carbocycles. The molecule has 0 unspecified atom stereocenters. The second-order valence-electron chi connectivity index (χ2n) is 5.98. The Balaban J connectivity index is 1.92. The lowest BCUT2D eigenvalue weighted by atomic mass is 10.3. The topological polar surface area (TPSA) is 37.6 Å². The molecule has 0 fully saturated rings. The highest BCUT2D eigenvalue weighted by atomic mass is 35.5. The molecule has 2 aromatic heterocycles. The maximum absolute atomic E-state index is 13.0. The summed E-state index contributed by atoms with van der Waals surface area (Å²) in [6.45, 7) is 1.60. The highest BCUT2D eigenvalue weighted by molar-refractivity contribution is 7.22. The first kappa shape index (κ1) is 18.6. The fourth-order valence-electron chi connectivity index (χ4n) is 2.44. The highest BCUT2D eigenvalue weighted by Crippen LogP contribution is 2.32. The zero-order valence-corrected chi connectivity index (χ0v) is 17.0. The van der Waals surface area contributed by atoms with E-state index in [-0.39, 0.29) is 5.91 Å². The molecule has 0 bridgehead atoms. The van der Waals surface area contributed by atoms with Gasteiger partial charge in [-0.3, -0.25) is 9.69 Å². The summed E-state index contributed by atoms with van der Waals surface area (Å²) < 4.78 is 1.58. The molecular formula is C17H18Cl2N3OS2+. The molecule has 0 aliphatic rings. The van der Waals surface area contributed by atoms with Crippen LogP contribution in [-0.2, 0) is 0 Å². The van der Waals surface area contributed by atoms with E-state index in [0.717, 1.165) is 23.2 Å². The van der Waals surface area contributed by atoms with Crippen LogP contribution in [0.5, 0.6) is 0 Å². The van der Waals surface area contributed by atoms with Crippen molar-refractivity contribution in [1.82, 2.24) is 4.98 Å². The van der Waals surface area contributed by atoms with Gasteiger partial charge in [-0.15, -0.1) is 11.3 Å². The molecule has 3 aromatic rings. The Hall–Kier alpha value is -1.18. The van der Waals surface area contributed by atoms with E-state index >= 15 is 0 Å². The third-order valence-corrected chi connectivity index (χ3v) is 6.15. The standard InChI is InChI=1S/C17H17Cl2N3OS2/c1-21(2)8-3-9-22(16(23)13-6-7-15(19)24-13)17-20-12-5-4-11(18)10-14(12)25-17/h4-7,10H,3,8-9H2,1-2H3/p+1. The second kappa shape index (κ2) is 8.01. The number of carbonyl (C=O) groups is 1. The van der Waals surface area contributed by atoms with Crippen LogP contribution >= 0.6 is 45.9 Å². The van der Waals surface area contributed by atoms with Crippen LogP contribution in [0.15, 0.2) is 30.3 Å². The minimum Gasteiger partial charge on any atom is -0.340 e. The normalized spacial score (nSPS) is 11.4. The van der Waals surface area contributed by atoms with Gasteiger partial charge < -0.3 is 4.90 Å². The number of nitrogens with zero attached hydrogens (tertiary/aromatic N) is 2. The third kappa shape index (κ3) is 4.51. The van der Waals surface area contributed by atoms with E-state index in [0.29, 0.717) is 25.9 Å². The van der Waals surface area contributed by atoms with E-state index in [1.54, 1.807) is 17.0 Å². The molecular weight excluding hydrogens is 397 g/mol. The third-order valence-electron chi connectivity index (χ3n) is 3.66. The van der Waals surface area contributed by atoms with Crippen LogP contribution < -0.4 is 9.80 Å². The van der Waals surface area contributed by atoms with Crippen molar-refractivity contribution in [2.24, 2.45) is 0 Å². The average Bonchev–Trinajstić information content (AvgIpc) is 3.16. The van der Waals surface area contributed by atoms with E-state index in [4.69, 9.17) is 23.2 Å². The summed E-state index contributed by atoms with van der Waals surface area (Å²) in [6, 6.07) is 9.09. The van der Waals surface area contributed by atoms with Crippen molar-refractivity contribution in [2.45, 2.75) is 6.42 Å². The monoisotopic (exact) mass is 414 g/mol. The molecule has 1 aromatic carbocycles. The maximum Gasteiger partial charge on any atom is 0.270 e. The van der Waals surface area contributed by atoms with Gasteiger partial charge in [0.25, 0.3) is 5.91 Å². The summed E-state index contributed by atoms with van der Waals surface area (Å²) >= 11 is 14.8. The average molecular weight is 415 g/mol. The van der Waals surface area contributed by atoms with Crippen LogP contribution in [0.2, 0.25) is 9.36 Å². The molecule has 0 radical (unpaired) electrons. The number of hydrogen-bond donors (Lipinski definition) is 1. The van der Waals surface area contributed by atoms with Gasteiger partial charge in [0.2, 0.25) is 0 Å². The number of amides is 1. The summed E-state index contributed by atoms with van der Waals surface area (Å²) in [7, 11) is 4.20. The quantitative estimate of drug-likeness (QED) is 0.664. The number of anilines is 1. The molecule has 132 valence electrons. The number of quaternary nitrogens is 1. The number of thiazole rings is 1. The minimum atomic E-state index is -0.0594. The van der Waals surface area contributed by atoms with Gasteiger partial charge in [0.05, 0.1) is 40.1 Å². The van der Waals surface area contributed by atoms with Crippen LogP contribution in [0.1, 0.15) is 16.1 Å². The summed E-state index contributed by atoms with van der Waals surface area (Å²) in [5.74, 6) is -0.0594. The molecule has 0 atom stereocenters. The zero-order valence-electron chi connectivity index (χ0n) is 13.9. The van der Waals surface area contributed by atoms with Gasteiger partial charge in [-0.1, -0.05) is 34.5 Å². The molecule has 4 nitrogen and oxygen atoms in total. The SMILES string of the molecule is C[NH+](C)CCCN(C(=O)c1ccc(Cl)s1)c1nc2ccc(Cl)cc2s1. The molecule has 0 aliphatic carbocycles. The number of thiophene rings is 1. The van der Waals surface area contributed by atoms with Crippen molar-refractivity contribution in [1.29, 1.82) is 0 Å². The largest absolute Gasteiger partial charge is 0.340 e. The Morgan fingerprint density at radius 2 is 2.00 bits per heavy atom. The number of hydrogen-bond acceptors (Lipinski definition) is 4. The predicted molar refractivity (Wildman–Crippen MR) is 108 cm³/mol. The van der Waals surface area contributed by atoms with Crippen LogP contribution in [0, 0.1) is 0 Å². The fourth-order valence-corrected chi connectivity index (χ4v) is 4.70. The van der Waals surface area contributed by atoms with Gasteiger partial charge in [0.1, 0.15) is 0 Å². The molecule has 25 heavy (non-hydrogen) atoms. The van der Waals surface area contributed by atoms with Crippen molar-refractivity contribution in [3.8, 4) is 0 Å². The number of aromatic nitrogens is 1. The van der Waals surface area contributed by atoms with Crippen molar-refractivity contribution in [3.63, 3.8) is 0 Å². The van der Waals surface area contributed by atoms with Crippen LogP contribution in [0.4, 0.5) is 5.13 Å². The Labute approximate surface area is 164 Å². The van der Waals surface area contributed by atoms with Crippen molar-refractivity contribution < 1.29 is 9.69 Å². The Morgan fingerprint density at radius 1 is 1.20 bits per heavy atom. The smallest absolute Gasteiger partial charge is 0.270 e. The maximum atomic E-state index is 13.0. The number of fused-ring (bicyclic) bond motifs is 1. The van der Waals surface area contributed by atoms with E-state index in [1.165, 1.54) is 27.6 Å². The molecule has 2 heterocycles. The van der Waals surface area contributed by atoms with E-state index in [2.05, 4.69) is 19.1 Å². The molecule has 8 heteroatoms. The zero-order chi connectivity index (χ0) is 18.0. The lowest BCUT2D eigenvalue weighted by molar-refractivity contribution is -0.858. The first-order valence-corrected chi connectivity index (χ1v) is 10.3. The minimum absolute atomic E-state index is 0.0594. The lowest BCUT2D eigenvalue weighted by Crippen LogP contribution is -3.05. The molecule has 1 amide bonds. The number of carbonyl (C=O) groups excluding carboxylic acids is 1. The number of halogens is 2. The van der Waals surface area contributed by atoms with Crippen LogP contribution in [-0.4, -0.2) is 38.1 Å². The first-order chi connectivity index (χ1) is 11.9. The van der Waals surface area contributed by atoms with Crippen molar-refractivity contribution in [2.75, 3.05) is 32.1 Å². The lowest BCUT2D eigenvalue weighted by Gasteiger charge is -2.19. The van der Waals surface area contributed by atoms with Crippen LogP contribution in [0.25, 0.3) is 10.2 Å². The molecule has 0 spiro atoms. The Bertz CT molecular complexity index is 891. The van der Waals surface area contributed by atoms with Gasteiger partial charge in [-0.25, -0.2) is 4.98 Å². The van der Waals surface area contributed by atoms with E-state index in [1.807, 2.05) is 18.2 Å². The number of nitrogens with one attached hydrogen (secondary N) is 1. The number of benzene rings is 1. The molecule has 0 saturated heterocycles. The van der Waals surface area contributed by atoms with Gasteiger partial charge in [-0.2, -0.15) is 0 Å². The molecule has 1 N–H and O–H groups in total. The summed E-state index contributed by atoms with van der Waals surface area (Å²) in [5.41, 5.74) is 0.852. The highest BCUT2D eigenvalue weighted by Gasteiger charge is 2.22. The number of rotatable bonds is 6. The summed E-state index contributed by atoms with van der Waals surface area (Å²) in [5, 5.41) is 1.36. The van der Waals surface area contributed by atoms with E-state index < -0.39 is 0 Å². The van der Waals surface area contributed by atoms with Gasteiger partial charge >= 0.3 is 0 Å². The van der Waals surface area contributed by atoms with E-state index in [9.17, 15) is 4.79 Å².